The van der Waals surface area contributed by atoms with Gasteiger partial charge in [0.1, 0.15) is 16.8 Å². The Labute approximate surface area is 131 Å². The van der Waals surface area contributed by atoms with Gasteiger partial charge in [-0.3, -0.25) is 4.79 Å². The van der Waals surface area contributed by atoms with E-state index in [1.165, 1.54) is 0 Å². The third-order valence-electron chi connectivity index (χ3n) is 2.69. The highest BCUT2D eigenvalue weighted by Gasteiger charge is 2.21. The minimum Gasteiger partial charge on any atom is -0.361 e. The maximum absolute atomic E-state index is 11.9. The summed E-state index contributed by atoms with van der Waals surface area (Å²) >= 11 is 6.16. The summed E-state index contributed by atoms with van der Waals surface area (Å²) in [6.07, 6.45) is 0. The lowest BCUT2D eigenvalue weighted by atomic mass is 9.95. The zero-order valence-corrected chi connectivity index (χ0v) is 14.6. The van der Waals surface area contributed by atoms with E-state index in [4.69, 9.17) is 11.6 Å². The van der Waals surface area contributed by atoms with Gasteiger partial charge in [-0.25, -0.2) is 9.97 Å². The number of nitrogens with zero attached hydrogens (tertiary/aromatic N) is 2. The van der Waals surface area contributed by atoms with Crippen molar-refractivity contribution in [2.24, 2.45) is 0 Å². The van der Waals surface area contributed by atoms with Gasteiger partial charge in [0.2, 0.25) is 5.91 Å². The highest BCUT2D eigenvalue weighted by molar-refractivity contribution is 6.30. The Hall–Kier alpha value is -1.36. The molecular weight excluding hydrogens is 288 g/mol. The van der Waals surface area contributed by atoms with Crippen molar-refractivity contribution in [1.82, 2.24) is 15.3 Å². The number of anilines is 1. The molecule has 0 aromatic carbocycles. The van der Waals surface area contributed by atoms with Gasteiger partial charge in [-0.15, -0.1) is 0 Å². The van der Waals surface area contributed by atoms with Gasteiger partial charge in [0.15, 0.2) is 0 Å². The van der Waals surface area contributed by atoms with E-state index >= 15 is 0 Å². The Bertz CT molecular complexity index is 530. The Morgan fingerprint density at radius 3 is 2.19 bits per heavy atom. The molecule has 0 saturated heterocycles. The first-order valence-electron chi connectivity index (χ1n) is 6.99. The number of aromatic nitrogens is 2. The van der Waals surface area contributed by atoms with Gasteiger partial charge in [0, 0.05) is 16.5 Å². The van der Waals surface area contributed by atoms with Crippen molar-refractivity contribution in [3.8, 4) is 0 Å². The molecule has 0 bridgehead atoms. The fourth-order valence-corrected chi connectivity index (χ4v) is 1.79. The molecule has 5 nitrogen and oxygen atoms in total. The molecule has 0 radical (unpaired) electrons. The second-order valence-electron chi connectivity index (χ2n) is 7.21. The van der Waals surface area contributed by atoms with E-state index in [2.05, 4.69) is 20.6 Å². The standard InChI is InChI=1S/C15H25ClN4O/c1-9-11(16)18-13(14(2,3)4)19-12(9)17-8-10(21)20-15(5,6)7/h8H2,1-7H3,(H,20,21)(H,17,18,19). The van der Waals surface area contributed by atoms with Gasteiger partial charge in [0.05, 0.1) is 6.54 Å². The molecule has 1 rings (SSSR count). The van der Waals surface area contributed by atoms with E-state index < -0.39 is 0 Å². The number of halogens is 1. The van der Waals surface area contributed by atoms with Crippen molar-refractivity contribution in [2.45, 2.75) is 59.4 Å². The Morgan fingerprint density at radius 2 is 1.71 bits per heavy atom. The highest BCUT2D eigenvalue weighted by atomic mass is 35.5. The molecule has 0 aliphatic carbocycles. The van der Waals surface area contributed by atoms with Gasteiger partial charge in [0.25, 0.3) is 0 Å². The Morgan fingerprint density at radius 1 is 1.14 bits per heavy atom. The van der Waals surface area contributed by atoms with Crippen LogP contribution in [0.5, 0.6) is 0 Å². The van der Waals surface area contributed by atoms with E-state index in [0.29, 0.717) is 16.8 Å². The van der Waals surface area contributed by atoms with E-state index in [9.17, 15) is 4.79 Å². The molecule has 6 heteroatoms. The Kier molecular flexibility index (Phi) is 5.20. The molecule has 0 unspecified atom stereocenters. The van der Waals surface area contributed by atoms with Gasteiger partial charge in [-0.05, 0) is 27.7 Å². The van der Waals surface area contributed by atoms with Crippen molar-refractivity contribution < 1.29 is 4.79 Å². The zero-order chi connectivity index (χ0) is 16.4. The molecule has 1 heterocycles. The average Bonchev–Trinajstić information content (AvgIpc) is 2.27. The van der Waals surface area contributed by atoms with Crippen LogP contribution in [0.4, 0.5) is 5.82 Å². The third-order valence-corrected chi connectivity index (χ3v) is 3.06. The molecule has 21 heavy (non-hydrogen) atoms. The zero-order valence-electron chi connectivity index (χ0n) is 13.9. The number of rotatable bonds is 3. The van der Waals surface area contributed by atoms with Crippen LogP contribution in [0.15, 0.2) is 0 Å². The summed E-state index contributed by atoms with van der Waals surface area (Å²) in [7, 11) is 0. The number of amides is 1. The van der Waals surface area contributed by atoms with E-state index in [1.54, 1.807) is 0 Å². The molecule has 1 aromatic rings. The summed E-state index contributed by atoms with van der Waals surface area (Å²) < 4.78 is 0. The maximum Gasteiger partial charge on any atom is 0.239 e. The summed E-state index contributed by atoms with van der Waals surface area (Å²) in [6.45, 7) is 13.9. The second kappa shape index (κ2) is 6.18. The summed E-state index contributed by atoms with van der Waals surface area (Å²) in [5, 5.41) is 6.34. The van der Waals surface area contributed by atoms with Crippen LogP contribution in [-0.4, -0.2) is 28.0 Å². The first kappa shape index (κ1) is 17.7. The fraction of sp³-hybridized carbons (Fsp3) is 0.667. The molecule has 0 spiro atoms. The van der Waals surface area contributed by atoms with Crippen LogP contribution in [0.2, 0.25) is 5.15 Å². The lowest BCUT2D eigenvalue weighted by molar-refractivity contribution is -0.120. The van der Waals surface area contributed by atoms with Gasteiger partial charge in [-0.2, -0.15) is 0 Å². The van der Waals surface area contributed by atoms with Gasteiger partial charge >= 0.3 is 0 Å². The minimum atomic E-state index is -0.256. The molecule has 0 aliphatic heterocycles. The van der Waals surface area contributed by atoms with Crippen LogP contribution < -0.4 is 10.6 Å². The monoisotopic (exact) mass is 312 g/mol. The molecular formula is C15H25ClN4O. The van der Waals surface area contributed by atoms with Gasteiger partial charge in [-0.1, -0.05) is 32.4 Å². The topological polar surface area (TPSA) is 66.9 Å². The van der Waals surface area contributed by atoms with Crippen LogP contribution in [0.1, 0.15) is 52.9 Å². The predicted octanol–water partition coefficient (Wildman–Crippen LogP) is 3.06. The Balaban J connectivity index is 2.89. The number of hydrogen-bond acceptors (Lipinski definition) is 4. The normalized spacial score (nSPS) is 12.2. The molecule has 118 valence electrons. The van der Waals surface area contributed by atoms with E-state index in [0.717, 1.165) is 5.56 Å². The van der Waals surface area contributed by atoms with Crippen molar-refractivity contribution in [2.75, 3.05) is 11.9 Å². The lowest BCUT2D eigenvalue weighted by Crippen LogP contribution is -2.43. The van der Waals surface area contributed by atoms with Crippen LogP contribution in [-0.2, 0) is 10.2 Å². The molecule has 2 N–H and O–H groups in total. The van der Waals surface area contributed by atoms with Crippen molar-refractivity contribution in [1.29, 1.82) is 0 Å². The first-order valence-corrected chi connectivity index (χ1v) is 7.37. The summed E-state index contributed by atoms with van der Waals surface area (Å²) in [5.74, 6) is 1.16. The maximum atomic E-state index is 11.9. The molecule has 0 saturated carbocycles. The van der Waals surface area contributed by atoms with Crippen LogP contribution in [0.3, 0.4) is 0 Å². The number of carbonyl (C=O) groups is 1. The van der Waals surface area contributed by atoms with Crippen LogP contribution in [0, 0.1) is 6.92 Å². The molecule has 0 atom stereocenters. The SMILES string of the molecule is Cc1c(Cl)nc(C(C)(C)C)nc1NCC(=O)NC(C)(C)C. The van der Waals surface area contributed by atoms with Crippen LogP contribution in [0.25, 0.3) is 0 Å². The van der Waals surface area contributed by atoms with Crippen molar-refractivity contribution >= 4 is 23.3 Å². The quantitative estimate of drug-likeness (QED) is 0.842. The molecule has 1 amide bonds. The van der Waals surface area contributed by atoms with E-state index in [1.807, 2.05) is 48.5 Å². The summed E-state index contributed by atoms with van der Waals surface area (Å²) in [4.78, 5) is 20.7. The summed E-state index contributed by atoms with van der Waals surface area (Å²) in [6, 6.07) is 0. The first-order chi connectivity index (χ1) is 9.40. The van der Waals surface area contributed by atoms with Gasteiger partial charge < -0.3 is 10.6 Å². The van der Waals surface area contributed by atoms with E-state index in [-0.39, 0.29) is 23.4 Å². The highest BCUT2D eigenvalue weighted by Crippen LogP contribution is 2.25. The third kappa shape index (κ3) is 5.50. The van der Waals surface area contributed by atoms with Crippen molar-refractivity contribution in [3.63, 3.8) is 0 Å². The molecule has 1 aromatic heterocycles. The lowest BCUT2D eigenvalue weighted by Gasteiger charge is -2.22. The number of hydrogen-bond donors (Lipinski definition) is 2. The number of nitrogens with one attached hydrogen (secondary N) is 2. The predicted molar refractivity (Wildman–Crippen MR) is 86.9 cm³/mol. The van der Waals surface area contributed by atoms with Crippen LogP contribution >= 0.6 is 11.6 Å². The summed E-state index contributed by atoms with van der Waals surface area (Å²) in [5.41, 5.74) is 0.281. The largest absolute Gasteiger partial charge is 0.361 e. The molecule has 0 aliphatic rings. The smallest absolute Gasteiger partial charge is 0.239 e. The second-order valence-corrected chi connectivity index (χ2v) is 7.57. The average molecular weight is 313 g/mol. The number of carbonyl (C=O) groups excluding carboxylic acids is 1. The minimum absolute atomic E-state index is 0.0889. The fourth-order valence-electron chi connectivity index (χ4n) is 1.62. The molecule has 0 fully saturated rings. The van der Waals surface area contributed by atoms with Crippen molar-refractivity contribution in [3.05, 3.63) is 16.5 Å².